The SMILES string of the molecule is COC(=O)[C@H]1CNC[C@H](C)C1.Cl. The molecule has 0 aromatic heterocycles. The fourth-order valence-electron chi connectivity index (χ4n) is 1.50. The number of piperidine rings is 1. The van der Waals surface area contributed by atoms with E-state index < -0.39 is 0 Å². The van der Waals surface area contributed by atoms with Crippen LogP contribution >= 0.6 is 12.4 Å². The fraction of sp³-hybridized carbons (Fsp3) is 0.875. The molecule has 0 aliphatic carbocycles. The first-order valence-corrected chi connectivity index (χ1v) is 4.02. The van der Waals surface area contributed by atoms with Gasteiger partial charge < -0.3 is 10.1 Å². The third kappa shape index (κ3) is 2.99. The normalized spacial score (nSPS) is 28.8. The summed E-state index contributed by atoms with van der Waals surface area (Å²) in [6.45, 7) is 3.94. The standard InChI is InChI=1S/C8H15NO2.ClH/c1-6-3-7(5-9-4-6)8(10)11-2;/h6-7,9H,3-5H2,1-2H3;1H/t6-,7-;/m1./s1. The summed E-state index contributed by atoms with van der Waals surface area (Å²) in [6, 6.07) is 0. The van der Waals surface area contributed by atoms with E-state index in [1.54, 1.807) is 0 Å². The summed E-state index contributed by atoms with van der Waals surface area (Å²) in [7, 11) is 1.45. The second kappa shape index (κ2) is 5.38. The summed E-state index contributed by atoms with van der Waals surface area (Å²) in [4.78, 5) is 11.1. The summed E-state index contributed by atoms with van der Waals surface area (Å²) >= 11 is 0. The molecule has 0 radical (unpaired) electrons. The number of esters is 1. The Morgan fingerprint density at radius 3 is 2.67 bits per heavy atom. The Balaban J connectivity index is 0.00000121. The van der Waals surface area contributed by atoms with Crippen LogP contribution in [0.1, 0.15) is 13.3 Å². The van der Waals surface area contributed by atoms with Gasteiger partial charge >= 0.3 is 5.97 Å². The number of rotatable bonds is 1. The average molecular weight is 194 g/mol. The molecular formula is C8H16ClNO2. The average Bonchev–Trinajstić information content (AvgIpc) is 2.03. The molecule has 72 valence electrons. The van der Waals surface area contributed by atoms with Gasteiger partial charge in [-0.1, -0.05) is 6.92 Å². The van der Waals surface area contributed by atoms with Crippen LogP contribution < -0.4 is 5.32 Å². The van der Waals surface area contributed by atoms with Crippen molar-refractivity contribution >= 4 is 18.4 Å². The van der Waals surface area contributed by atoms with Gasteiger partial charge in [-0.15, -0.1) is 12.4 Å². The maximum Gasteiger partial charge on any atom is 0.309 e. The molecule has 0 amide bonds. The van der Waals surface area contributed by atoms with E-state index in [1.807, 2.05) is 0 Å². The molecular weight excluding hydrogens is 178 g/mol. The van der Waals surface area contributed by atoms with Crippen molar-refractivity contribution in [3.8, 4) is 0 Å². The van der Waals surface area contributed by atoms with E-state index in [1.165, 1.54) is 7.11 Å². The number of carbonyl (C=O) groups is 1. The third-order valence-electron chi connectivity index (χ3n) is 2.10. The van der Waals surface area contributed by atoms with Gasteiger partial charge in [0.05, 0.1) is 13.0 Å². The van der Waals surface area contributed by atoms with Crippen molar-refractivity contribution in [3.63, 3.8) is 0 Å². The van der Waals surface area contributed by atoms with Crippen molar-refractivity contribution in [2.24, 2.45) is 11.8 Å². The molecule has 0 bridgehead atoms. The second-order valence-electron chi connectivity index (χ2n) is 3.22. The Bertz CT molecular complexity index is 152. The zero-order valence-electron chi connectivity index (χ0n) is 7.50. The van der Waals surface area contributed by atoms with Gasteiger partial charge in [-0.2, -0.15) is 0 Å². The van der Waals surface area contributed by atoms with Crippen LogP contribution in [0.25, 0.3) is 0 Å². The van der Waals surface area contributed by atoms with E-state index >= 15 is 0 Å². The smallest absolute Gasteiger partial charge is 0.309 e. The van der Waals surface area contributed by atoms with Gasteiger partial charge in [-0.05, 0) is 18.9 Å². The highest BCUT2D eigenvalue weighted by Crippen LogP contribution is 2.16. The lowest BCUT2D eigenvalue weighted by atomic mass is 9.92. The summed E-state index contributed by atoms with van der Waals surface area (Å²) in [6.07, 6.45) is 0.958. The van der Waals surface area contributed by atoms with Crippen LogP contribution in [0.15, 0.2) is 0 Å². The topological polar surface area (TPSA) is 38.3 Å². The molecule has 12 heavy (non-hydrogen) atoms. The number of hydrogen-bond donors (Lipinski definition) is 1. The minimum Gasteiger partial charge on any atom is -0.469 e. The number of nitrogens with one attached hydrogen (secondary N) is 1. The lowest BCUT2D eigenvalue weighted by Gasteiger charge is -2.25. The van der Waals surface area contributed by atoms with Crippen LogP contribution in [-0.2, 0) is 9.53 Å². The summed E-state index contributed by atoms with van der Waals surface area (Å²) in [5.74, 6) is 0.584. The summed E-state index contributed by atoms with van der Waals surface area (Å²) < 4.78 is 4.66. The Morgan fingerprint density at radius 2 is 2.17 bits per heavy atom. The van der Waals surface area contributed by atoms with E-state index in [9.17, 15) is 4.79 Å². The summed E-state index contributed by atoms with van der Waals surface area (Å²) in [5.41, 5.74) is 0. The number of hydrogen-bond acceptors (Lipinski definition) is 3. The minimum absolute atomic E-state index is 0. The molecule has 0 aromatic carbocycles. The molecule has 1 aliphatic heterocycles. The largest absolute Gasteiger partial charge is 0.469 e. The monoisotopic (exact) mass is 193 g/mol. The van der Waals surface area contributed by atoms with Gasteiger partial charge in [0.25, 0.3) is 0 Å². The van der Waals surface area contributed by atoms with Gasteiger partial charge in [-0.3, -0.25) is 4.79 Å². The zero-order valence-corrected chi connectivity index (χ0v) is 8.32. The van der Waals surface area contributed by atoms with Crippen molar-refractivity contribution in [2.75, 3.05) is 20.2 Å². The van der Waals surface area contributed by atoms with E-state index in [4.69, 9.17) is 0 Å². The molecule has 1 rings (SSSR count). The number of halogens is 1. The first-order valence-electron chi connectivity index (χ1n) is 4.02. The number of methoxy groups -OCH3 is 1. The number of ether oxygens (including phenoxy) is 1. The molecule has 0 saturated carbocycles. The molecule has 0 unspecified atom stereocenters. The van der Waals surface area contributed by atoms with Crippen LogP contribution in [0, 0.1) is 11.8 Å². The van der Waals surface area contributed by atoms with Crippen LogP contribution in [0.3, 0.4) is 0 Å². The Kier molecular flexibility index (Phi) is 5.25. The van der Waals surface area contributed by atoms with Crippen LogP contribution in [-0.4, -0.2) is 26.2 Å². The Morgan fingerprint density at radius 1 is 1.50 bits per heavy atom. The molecule has 4 heteroatoms. The molecule has 0 aromatic rings. The van der Waals surface area contributed by atoms with Gasteiger partial charge in [-0.25, -0.2) is 0 Å². The van der Waals surface area contributed by atoms with Crippen LogP contribution in [0.5, 0.6) is 0 Å². The van der Waals surface area contributed by atoms with E-state index in [0.29, 0.717) is 5.92 Å². The highest BCUT2D eigenvalue weighted by atomic mass is 35.5. The maximum atomic E-state index is 11.1. The predicted molar refractivity (Wildman–Crippen MR) is 49.4 cm³/mol. The van der Waals surface area contributed by atoms with Crippen LogP contribution in [0.4, 0.5) is 0 Å². The Labute approximate surface area is 79.3 Å². The quantitative estimate of drug-likeness (QED) is 0.627. The van der Waals surface area contributed by atoms with Gasteiger partial charge in [0.1, 0.15) is 0 Å². The Hall–Kier alpha value is -0.280. The second-order valence-corrected chi connectivity index (χ2v) is 3.22. The third-order valence-corrected chi connectivity index (χ3v) is 2.10. The maximum absolute atomic E-state index is 11.1. The van der Waals surface area contributed by atoms with E-state index in [2.05, 4.69) is 17.0 Å². The molecule has 0 spiro atoms. The zero-order chi connectivity index (χ0) is 8.27. The minimum atomic E-state index is -0.0796. The van der Waals surface area contributed by atoms with E-state index in [0.717, 1.165) is 19.5 Å². The molecule has 3 nitrogen and oxygen atoms in total. The molecule has 1 aliphatic rings. The lowest BCUT2D eigenvalue weighted by Crippen LogP contribution is -2.39. The van der Waals surface area contributed by atoms with Crippen molar-refractivity contribution in [1.29, 1.82) is 0 Å². The number of carbonyl (C=O) groups excluding carboxylic acids is 1. The fourth-order valence-corrected chi connectivity index (χ4v) is 1.50. The van der Waals surface area contributed by atoms with Gasteiger partial charge in [0, 0.05) is 6.54 Å². The highest BCUT2D eigenvalue weighted by molar-refractivity contribution is 5.85. The first kappa shape index (κ1) is 11.7. The lowest BCUT2D eigenvalue weighted by molar-refractivity contribution is -0.146. The first-order chi connectivity index (χ1) is 5.24. The van der Waals surface area contributed by atoms with E-state index in [-0.39, 0.29) is 24.3 Å². The van der Waals surface area contributed by atoms with Crippen molar-refractivity contribution in [1.82, 2.24) is 5.32 Å². The van der Waals surface area contributed by atoms with Crippen molar-refractivity contribution in [3.05, 3.63) is 0 Å². The van der Waals surface area contributed by atoms with Crippen molar-refractivity contribution in [2.45, 2.75) is 13.3 Å². The predicted octanol–water partition coefficient (Wildman–Crippen LogP) is 0.827. The van der Waals surface area contributed by atoms with Crippen LogP contribution in [0.2, 0.25) is 0 Å². The van der Waals surface area contributed by atoms with Crippen molar-refractivity contribution < 1.29 is 9.53 Å². The highest BCUT2D eigenvalue weighted by Gasteiger charge is 2.24. The molecule has 1 N–H and O–H groups in total. The molecule has 1 heterocycles. The molecule has 1 saturated heterocycles. The van der Waals surface area contributed by atoms with Gasteiger partial charge in [0.2, 0.25) is 0 Å². The summed E-state index contributed by atoms with van der Waals surface area (Å²) in [5, 5.41) is 3.20. The van der Waals surface area contributed by atoms with Gasteiger partial charge in [0.15, 0.2) is 0 Å². The molecule has 2 atom stereocenters. The molecule has 1 fully saturated rings.